The number of carboxylic acid groups (broad SMARTS) is 1. The lowest BCUT2D eigenvalue weighted by Gasteiger charge is -2.26. The molecule has 1 aliphatic heterocycles. The standard InChI is InChI=1S/C12H22N2O5/c1-4-13(6-5-11(15)16)12(17)14-7-9(18-2)10(8-14)19-3/h9-10H,4-8H2,1-3H3,(H,15,16). The molecule has 110 valence electrons. The molecule has 0 bridgehead atoms. The van der Waals surface area contributed by atoms with E-state index in [1.807, 2.05) is 6.92 Å². The highest BCUT2D eigenvalue weighted by molar-refractivity contribution is 5.76. The number of amides is 2. The van der Waals surface area contributed by atoms with Crippen molar-refractivity contribution in [1.82, 2.24) is 9.80 Å². The van der Waals surface area contributed by atoms with Crippen molar-refractivity contribution in [1.29, 1.82) is 0 Å². The molecule has 0 aliphatic carbocycles. The number of methoxy groups -OCH3 is 2. The molecule has 0 aromatic carbocycles. The number of hydrogen-bond donors (Lipinski definition) is 1. The Morgan fingerprint density at radius 2 is 1.79 bits per heavy atom. The first-order valence-corrected chi connectivity index (χ1v) is 6.34. The summed E-state index contributed by atoms with van der Waals surface area (Å²) < 4.78 is 10.6. The van der Waals surface area contributed by atoms with Crippen LogP contribution in [0.15, 0.2) is 0 Å². The highest BCUT2D eigenvalue weighted by atomic mass is 16.5. The monoisotopic (exact) mass is 274 g/mol. The highest BCUT2D eigenvalue weighted by Crippen LogP contribution is 2.17. The molecule has 2 unspecified atom stereocenters. The average molecular weight is 274 g/mol. The van der Waals surface area contributed by atoms with Gasteiger partial charge in [0, 0.05) is 27.3 Å². The predicted octanol–water partition coefficient (Wildman–Crippen LogP) is 0.249. The Hall–Kier alpha value is -1.34. The Bertz CT molecular complexity index is 311. The molecular weight excluding hydrogens is 252 g/mol. The van der Waals surface area contributed by atoms with Gasteiger partial charge in [-0.15, -0.1) is 0 Å². The topological polar surface area (TPSA) is 79.3 Å². The van der Waals surface area contributed by atoms with Gasteiger partial charge in [0.2, 0.25) is 0 Å². The second kappa shape index (κ2) is 7.30. The van der Waals surface area contributed by atoms with Gasteiger partial charge in [-0.25, -0.2) is 4.79 Å². The second-order valence-electron chi connectivity index (χ2n) is 4.46. The van der Waals surface area contributed by atoms with Crippen LogP contribution in [0.5, 0.6) is 0 Å². The third-order valence-electron chi connectivity index (χ3n) is 3.34. The molecule has 2 atom stereocenters. The fraction of sp³-hybridized carbons (Fsp3) is 0.833. The molecule has 7 nitrogen and oxygen atoms in total. The van der Waals surface area contributed by atoms with Gasteiger partial charge in [0.05, 0.1) is 19.5 Å². The van der Waals surface area contributed by atoms with E-state index in [-0.39, 0.29) is 31.2 Å². The third kappa shape index (κ3) is 4.07. The molecule has 7 heteroatoms. The van der Waals surface area contributed by atoms with E-state index in [4.69, 9.17) is 14.6 Å². The number of carbonyl (C=O) groups is 2. The molecule has 1 aliphatic rings. The third-order valence-corrected chi connectivity index (χ3v) is 3.34. The summed E-state index contributed by atoms with van der Waals surface area (Å²) in [5.41, 5.74) is 0. The Labute approximate surface area is 113 Å². The van der Waals surface area contributed by atoms with E-state index in [2.05, 4.69) is 0 Å². The zero-order valence-electron chi connectivity index (χ0n) is 11.7. The summed E-state index contributed by atoms with van der Waals surface area (Å²) >= 11 is 0. The van der Waals surface area contributed by atoms with Crippen molar-refractivity contribution in [3.05, 3.63) is 0 Å². The maximum Gasteiger partial charge on any atom is 0.320 e. The molecule has 0 saturated carbocycles. The van der Waals surface area contributed by atoms with Gasteiger partial charge in [0.25, 0.3) is 0 Å². The summed E-state index contributed by atoms with van der Waals surface area (Å²) in [5.74, 6) is -0.905. The van der Waals surface area contributed by atoms with Crippen molar-refractivity contribution in [3.63, 3.8) is 0 Å². The summed E-state index contributed by atoms with van der Waals surface area (Å²) in [6.07, 6.45) is -0.311. The van der Waals surface area contributed by atoms with Gasteiger partial charge >= 0.3 is 12.0 Å². The van der Waals surface area contributed by atoms with Crippen molar-refractivity contribution in [2.45, 2.75) is 25.6 Å². The summed E-state index contributed by atoms with van der Waals surface area (Å²) in [6.45, 7) is 3.47. The molecule has 0 radical (unpaired) electrons. The minimum Gasteiger partial charge on any atom is -0.481 e. The summed E-state index contributed by atoms with van der Waals surface area (Å²) in [6, 6.07) is -0.162. The lowest BCUT2D eigenvalue weighted by atomic mass is 10.3. The number of nitrogens with zero attached hydrogens (tertiary/aromatic N) is 2. The van der Waals surface area contributed by atoms with E-state index in [0.29, 0.717) is 19.6 Å². The zero-order chi connectivity index (χ0) is 14.4. The predicted molar refractivity (Wildman–Crippen MR) is 68.1 cm³/mol. The Morgan fingerprint density at radius 3 is 2.16 bits per heavy atom. The largest absolute Gasteiger partial charge is 0.481 e. The van der Waals surface area contributed by atoms with E-state index in [1.54, 1.807) is 19.1 Å². The maximum atomic E-state index is 12.3. The minimum atomic E-state index is -0.905. The number of carbonyl (C=O) groups excluding carboxylic acids is 1. The van der Waals surface area contributed by atoms with Crippen LogP contribution in [0.4, 0.5) is 4.79 Å². The van der Waals surface area contributed by atoms with E-state index in [1.165, 1.54) is 4.90 Å². The normalized spacial score (nSPS) is 22.6. The molecule has 0 aromatic heterocycles. The summed E-state index contributed by atoms with van der Waals surface area (Å²) in [5, 5.41) is 8.67. The number of carboxylic acids is 1. The van der Waals surface area contributed by atoms with Gasteiger partial charge in [0.1, 0.15) is 12.2 Å². The van der Waals surface area contributed by atoms with Crippen LogP contribution in [0.1, 0.15) is 13.3 Å². The van der Waals surface area contributed by atoms with Crippen LogP contribution < -0.4 is 0 Å². The van der Waals surface area contributed by atoms with Gasteiger partial charge in [-0.1, -0.05) is 0 Å². The number of rotatable bonds is 6. The second-order valence-corrected chi connectivity index (χ2v) is 4.46. The number of hydrogen-bond acceptors (Lipinski definition) is 4. The lowest BCUT2D eigenvalue weighted by Crippen LogP contribution is -2.43. The average Bonchev–Trinajstić information content (AvgIpc) is 2.81. The molecule has 1 N–H and O–H groups in total. The van der Waals surface area contributed by atoms with Crippen LogP contribution in [0.2, 0.25) is 0 Å². The summed E-state index contributed by atoms with van der Waals surface area (Å²) in [4.78, 5) is 26.0. The van der Waals surface area contributed by atoms with E-state index < -0.39 is 5.97 Å². The maximum absolute atomic E-state index is 12.3. The van der Waals surface area contributed by atoms with Crippen LogP contribution in [-0.2, 0) is 14.3 Å². The number of ether oxygens (including phenoxy) is 2. The summed E-state index contributed by atoms with van der Waals surface area (Å²) in [7, 11) is 3.18. The molecule has 1 heterocycles. The minimum absolute atomic E-state index is 0.0468. The van der Waals surface area contributed by atoms with E-state index in [9.17, 15) is 9.59 Å². The smallest absolute Gasteiger partial charge is 0.320 e. The molecule has 19 heavy (non-hydrogen) atoms. The van der Waals surface area contributed by atoms with Crippen molar-refractivity contribution >= 4 is 12.0 Å². The number of likely N-dealkylation sites (tertiary alicyclic amines) is 1. The molecule has 1 saturated heterocycles. The van der Waals surface area contributed by atoms with Crippen molar-refractivity contribution < 1.29 is 24.2 Å². The Balaban J connectivity index is 2.58. The van der Waals surface area contributed by atoms with Crippen LogP contribution in [0.25, 0.3) is 0 Å². The first kappa shape index (κ1) is 15.7. The van der Waals surface area contributed by atoms with E-state index in [0.717, 1.165) is 0 Å². The molecule has 1 rings (SSSR count). The number of aliphatic carboxylic acids is 1. The quantitative estimate of drug-likeness (QED) is 0.751. The van der Waals surface area contributed by atoms with Crippen molar-refractivity contribution in [3.8, 4) is 0 Å². The molecule has 1 fully saturated rings. The zero-order valence-corrected chi connectivity index (χ0v) is 11.7. The molecule has 0 spiro atoms. The number of urea groups is 1. The fourth-order valence-corrected chi connectivity index (χ4v) is 2.17. The van der Waals surface area contributed by atoms with Crippen molar-refractivity contribution in [2.75, 3.05) is 40.4 Å². The molecule has 0 aromatic rings. The van der Waals surface area contributed by atoms with Crippen LogP contribution in [0.3, 0.4) is 0 Å². The molecule has 2 amide bonds. The first-order chi connectivity index (χ1) is 9.03. The van der Waals surface area contributed by atoms with Crippen molar-refractivity contribution in [2.24, 2.45) is 0 Å². The van der Waals surface area contributed by atoms with Gasteiger partial charge in [0.15, 0.2) is 0 Å². The van der Waals surface area contributed by atoms with E-state index >= 15 is 0 Å². The highest BCUT2D eigenvalue weighted by Gasteiger charge is 2.36. The SMILES string of the molecule is CCN(CCC(=O)O)C(=O)N1CC(OC)C(OC)C1. The van der Waals surface area contributed by atoms with Crippen LogP contribution in [-0.4, -0.2) is 79.5 Å². The Kier molecular flexibility index (Phi) is 6.04. The molecular formula is C12H22N2O5. The van der Waals surface area contributed by atoms with Crippen LogP contribution >= 0.6 is 0 Å². The van der Waals surface area contributed by atoms with Gasteiger partial charge in [-0.3, -0.25) is 4.79 Å². The first-order valence-electron chi connectivity index (χ1n) is 6.34. The van der Waals surface area contributed by atoms with Crippen LogP contribution in [0, 0.1) is 0 Å². The van der Waals surface area contributed by atoms with Gasteiger partial charge in [-0.2, -0.15) is 0 Å². The Morgan fingerprint density at radius 1 is 1.26 bits per heavy atom. The van der Waals surface area contributed by atoms with Gasteiger partial charge < -0.3 is 24.4 Å². The fourth-order valence-electron chi connectivity index (χ4n) is 2.17. The lowest BCUT2D eigenvalue weighted by molar-refractivity contribution is -0.137. The van der Waals surface area contributed by atoms with Gasteiger partial charge in [-0.05, 0) is 6.92 Å².